The largest absolute Gasteiger partial charge is 0.433 e. The third-order valence-corrected chi connectivity index (χ3v) is 6.66. The fraction of sp³-hybridized carbons (Fsp3) is 0.185. The van der Waals surface area contributed by atoms with E-state index in [1.807, 2.05) is 0 Å². The number of halogens is 2. The number of aromatic amines is 1. The van der Waals surface area contributed by atoms with Gasteiger partial charge in [0.25, 0.3) is 0 Å². The standard InChI is InChI=1S/C27H23F2N7O2/c1-14-8-24(38-26-17(28)4-3-5-18(26)29)31-12-23(14)36-27(30)16(11-32-36)25(37)21-10-20-19(33-21)9-15-6-7-35(2)13-22(15)34-20/h3-5,8-12,33H,6-7,13,30H2,1-2H3. The second-order valence-electron chi connectivity index (χ2n) is 9.34. The minimum Gasteiger partial charge on any atom is -0.433 e. The molecule has 11 heteroatoms. The molecule has 0 radical (unpaired) electrons. The minimum absolute atomic E-state index is 0.00301. The topological polar surface area (TPSA) is 115 Å². The quantitative estimate of drug-likeness (QED) is 0.335. The Labute approximate surface area is 215 Å². The van der Waals surface area contributed by atoms with Gasteiger partial charge in [-0.3, -0.25) is 4.79 Å². The molecule has 1 aliphatic rings. The summed E-state index contributed by atoms with van der Waals surface area (Å²) in [5.41, 5.74) is 11.7. The molecule has 0 unspecified atom stereocenters. The van der Waals surface area contributed by atoms with Crippen LogP contribution in [0.4, 0.5) is 14.6 Å². The monoisotopic (exact) mass is 515 g/mol. The Hall–Kier alpha value is -4.64. The van der Waals surface area contributed by atoms with Crippen molar-refractivity contribution < 1.29 is 18.3 Å². The van der Waals surface area contributed by atoms with Crippen molar-refractivity contribution in [3.05, 3.63) is 88.5 Å². The van der Waals surface area contributed by atoms with E-state index in [2.05, 4.69) is 33.1 Å². The van der Waals surface area contributed by atoms with Gasteiger partial charge in [0.05, 0.1) is 46.1 Å². The van der Waals surface area contributed by atoms with Gasteiger partial charge < -0.3 is 20.4 Å². The lowest BCUT2D eigenvalue weighted by Gasteiger charge is -2.23. The summed E-state index contributed by atoms with van der Waals surface area (Å²) in [4.78, 5) is 27.6. The zero-order valence-corrected chi connectivity index (χ0v) is 20.6. The summed E-state index contributed by atoms with van der Waals surface area (Å²) < 4.78 is 34.6. The lowest BCUT2D eigenvalue weighted by molar-refractivity contribution is 0.103. The normalized spacial score (nSPS) is 13.6. The molecule has 0 amide bonds. The van der Waals surface area contributed by atoms with Gasteiger partial charge in [0, 0.05) is 19.2 Å². The number of carbonyl (C=O) groups excluding carboxylic acids is 1. The van der Waals surface area contributed by atoms with Gasteiger partial charge in [-0.15, -0.1) is 0 Å². The number of aryl methyl sites for hydroxylation is 1. The van der Waals surface area contributed by atoms with Gasteiger partial charge >= 0.3 is 0 Å². The van der Waals surface area contributed by atoms with Crippen LogP contribution in [0.2, 0.25) is 0 Å². The van der Waals surface area contributed by atoms with Gasteiger partial charge in [0.2, 0.25) is 17.4 Å². The van der Waals surface area contributed by atoms with E-state index in [-0.39, 0.29) is 23.0 Å². The molecule has 0 fully saturated rings. The van der Waals surface area contributed by atoms with E-state index in [0.29, 0.717) is 16.9 Å². The molecule has 1 aliphatic heterocycles. The maximum Gasteiger partial charge on any atom is 0.219 e. The van der Waals surface area contributed by atoms with Crippen molar-refractivity contribution in [3.63, 3.8) is 0 Å². The Balaban J connectivity index is 1.28. The number of pyridine rings is 2. The Morgan fingerprint density at radius 2 is 1.95 bits per heavy atom. The molecule has 192 valence electrons. The zero-order chi connectivity index (χ0) is 26.6. The number of hydrogen-bond acceptors (Lipinski definition) is 7. The molecule has 5 heterocycles. The molecule has 0 saturated heterocycles. The fourth-order valence-electron chi connectivity index (χ4n) is 4.61. The van der Waals surface area contributed by atoms with Crippen LogP contribution in [-0.4, -0.2) is 49.0 Å². The van der Waals surface area contributed by atoms with Crippen LogP contribution < -0.4 is 10.5 Å². The number of nitrogens with zero attached hydrogens (tertiary/aromatic N) is 5. The predicted octanol–water partition coefficient (Wildman–Crippen LogP) is 4.32. The van der Waals surface area contributed by atoms with Crippen LogP contribution in [-0.2, 0) is 13.0 Å². The molecule has 38 heavy (non-hydrogen) atoms. The third-order valence-electron chi connectivity index (χ3n) is 6.66. The summed E-state index contributed by atoms with van der Waals surface area (Å²) in [5, 5.41) is 4.30. The van der Waals surface area contributed by atoms with Gasteiger partial charge in [-0.05, 0) is 55.8 Å². The van der Waals surface area contributed by atoms with Crippen LogP contribution in [0.25, 0.3) is 16.7 Å². The highest BCUT2D eigenvalue weighted by molar-refractivity contribution is 6.12. The molecule has 0 spiro atoms. The fourth-order valence-corrected chi connectivity index (χ4v) is 4.61. The number of ketones is 1. The van der Waals surface area contributed by atoms with Crippen molar-refractivity contribution in [1.29, 1.82) is 0 Å². The number of benzene rings is 1. The van der Waals surface area contributed by atoms with Crippen LogP contribution in [0.3, 0.4) is 0 Å². The molecule has 3 N–H and O–H groups in total. The molecule has 0 atom stereocenters. The minimum atomic E-state index is -0.840. The first-order chi connectivity index (χ1) is 18.3. The number of anilines is 1. The van der Waals surface area contributed by atoms with Crippen molar-refractivity contribution in [1.82, 2.24) is 29.6 Å². The zero-order valence-electron chi connectivity index (χ0n) is 20.6. The van der Waals surface area contributed by atoms with Crippen molar-refractivity contribution in [2.24, 2.45) is 0 Å². The van der Waals surface area contributed by atoms with Crippen molar-refractivity contribution in [2.75, 3.05) is 19.3 Å². The maximum atomic E-state index is 14.0. The van der Waals surface area contributed by atoms with Crippen molar-refractivity contribution in [3.8, 4) is 17.3 Å². The average Bonchev–Trinajstić information content (AvgIpc) is 3.47. The predicted molar refractivity (Wildman–Crippen MR) is 137 cm³/mol. The number of likely N-dealkylation sites (N-methyl/N-ethyl adjacent to an activating group) is 1. The smallest absolute Gasteiger partial charge is 0.219 e. The van der Waals surface area contributed by atoms with E-state index >= 15 is 0 Å². The summed E-state index contributed by atoms with van der Waals surface area (Å²) >= 11 is 0. The van der Waals surface area contributed by atoms with Crippen LogP contribution in [0.1, 0.15) is 32.9 Å². The number of ether oxygens (including phenoxy) is 1. The number of aromatic nitrogens is 5. The van der Waals surface area contributed by atoms with Crippen molar-refractivity contribution >= 4 is 22.6 Å². The van der Waals surface area contributed by atoms with E-state index < -0.39 is 17.4 Å². The lowest BCUT2D eigenvalue weighted by atomic mass is 10.1. The number of H-pyrrole nitrogens is 1. The first kappa shape index (κ1) is 23.7. The van der Waals surface area contributed by atoms with Gasteiger partial charge in [-0.25, -0.2) is 23.4 Å². The molecular formula is C27H23F2N7O2. The summed E-state index contributed by atoms with van der Waals surface area (Å²) in [6.45, 7) is 3.47. The van der Waals surface area contributed by atoms with E-state index in [1.165, 1.54) is 34.8 Å². The first-order valence-corrected chi connectivity index (χ1v) is 12.0. The Kier molecular flexibility index (Phi) is 5.64. The Bertz CT molecular complexity index is 1710. The number of para-hydroxylation sites is 1. The highest BCUT2D eigenvalue weighted by Gasteiger charge is 2.23. The number of nitrogens with two attached hydrogens (primary N) is 1. The molecule has 0 aliphatic carbocycles. The van der Waals surface area contributed by atoms with E-state index in [1.54, 1.807) is 13.0 Å². The molecule has 5 aromatic rings. The SMILES string of the molecule is Cc1cc(Oc2c(F)cccc2F)ncc1-n1ncc(C(=O)c2cc3nc4c(cc3[nH]2)CCN(C)C4)c1N. The molecule has 1 aromatic carbocycles. The molecular weight excluding hydrogens is 492 g/mol. The maximum absolute atomic E-state index is 14.0. The highest BCUT2D eigenvalue weighted by Crippen LogP contribution is 2.29. The van der Waals surface area contributed by atoms with Crippen molar-refractivity contribution in [2.45, 2.75) is 19.9 Å². The number of rotatable bonds is 5. The first-order valence-electron chi connectivity index (χ1n) is 12.0. The average molecular weight is 516 g/mol. The van der Waals surface area contributed by atoms with Crippen LogP contribution in [0.15, 0.2) is 48.8 Å². The lowest BCUT2D eigenvalue weighted by Crippen LogP contribution is -2.27. The number of nitrogen functional groups attached to an aromatic ring is 1. The second-order valence-corrected chi connectivity index (χ2v) is 9.34. The Morgan fingerprint density at radius 1 is 1.16 bits per heavy atom. The molecule has 9 nitrogen and oxygen atoms in total. The van der Waals surface area contributed by atoms with Gasteiger partial charge in [0.1, 0.15) is 5.82 Å². The van der Waals surface area contributed by atoms with E-state index in [9.17, 15) is 13.6 Å². The second kappa shape index (κ2) is 9.03. The number of carbonyl (C=O) groups is 1. The summed E-state index contributed by atoms with van der Waals surface area (Å²) in [7, 11) is 2.06. The number of hydrogen-bond donors (Lipinski definition) is 2. The van der Waals surface area contributed by atoms with E-state index in [0.717, 1.165) is 48.4 Å². The van der Waals surface area contributed by atoms with Crippen LogP contribution in [0.5, 0.6) is 11.6 Å². The van der Waals surface area contributed by atoms with Gasteiger partial charge in [-0.1, -0.05) is 6.07 Å². The van der Waals surface area contributed by atoms with Crippen LogP contribution in [0, 0.1) is 18.6 Å². The highest BCUT2D eigenvalue weighted by atomic mass is 19.1. The Morgan fingerprint density at radius 3 is 2.71 bits per heavy atom. The van der Waals surface area contributed by atoms with E-state index in [4.69, 9.17) is 15.5 Å². The molecule has 0 saturated carbocycles. The molecule has 4 aromatic heterocycles. The van der Waals surface area contributed by atoms with Crippen LogP contribution >= 0.6 is 0 Å². The third kappa shape index (κ3) is 4.06. The summed E-state index contributed by atoms with van der Waals surface area (Å²) in [6, 6.07) is 8.73. The summed E-state index contributed by atoms with van der Waals surface area (Å²) in [6.07, 6.45) is 3.72. The summed E-state index contributed by atoms with van der Waals surface area (Å²) in [5.74, 6) is -2.42. The molecule has 0 bridgehead atoms. The van der Waals surface area contributed by atoms with Gasteiger partial charge in [-0.2, -0.15) is 5.10 Å². The number of fused-ring (bicyclic) bond motifs is 2. The number of nitrogens with one attached hydrogen (secondary N) is 1. The molecule has 6 rings (SSSR count). The van der Waals surface area contributed by atoms with Gasteiger partial charge in [0.15, 0.2) is 11.6 Å².